The number of carboxylic acid groups (broad SMARTS) is 1. The first-order valence-electron chi connectivity index (χ1n) is 7.74. The summed E-state index contributed by atoms with van der Waals surface area (Å²) < 4.78 is 2.27. The second-order valence-electron chi connectivity index (χ2n) is 6.21. The number of carbonyl (C=O) groups is 1. The molecule has 0 bridgehead atoms. The van der Waals surface area contributed by atoms with E-state index < -0.39 is 5.97 Å². The largest absolute Gasteiger partial charge is 0.478 e. The van der Waals surface area contributed by atoms with Crippen LogP contribution in [0.2, 0.25) is 0 Å². The van der Waals surface area contributed by atoms with E-state index >= 15 is 0 Å². The fraction of sp³-hybridized carbons (Fsp3) is 0.529. The zero-order valence-corrected chi connectivity index (χ0v) is 12.8. The van der Waals surface area contributed by atoms with Gasteiger partial charge in [0.15, 0.2) is 0 Å². The molecule has 4 nitrogen and oxygen atoms in total. The number of aromatic carboxylic acids is 1. The van der Waals surface area contributed by atoms with Gasteiger partial charge in [-0.3, -0.25) is 0 Å². The van der Waals surface area contributed by atoms with Crippen molar-refractivity contribution in [1.29, 1.82) is 0 Å². The summed E-state index contributed by atoms with van der Waals surface area (Å²) in [5.41, 5.74) is 2.19. The lowest BCUT2D eigenvalue weighted by Crippen LogP contribution is -2.16. The Morgan fingerprint density at radius 2 is 2.19 bits per heavy atom. The van der Waals surface area contributed by atoms with E-state index in [1.807, 2.05) is 13.0 Å². The number of aryl methyl sites for hydroxylation is 1. The maximum atomic E-state index is 11.2. The van der Waals surface area contributed by atoms with Gasteiger partial charge in [0.2, 0.25) is 0 Å². The van der Waals surface area contributed by atoms with Crippen molar-refractivity contribution in [3.63, 3.8) is 0 Å². The molecule has 1 fully saturated rings. The van der Waals surface area contributed by atoms with Crippen LogP contribution in [0.5, 0.6) is 0 Å². The molecule has 1 aromatic carbocycles. The summed E-state index contributed by atoms with van der Waals surface area (Å²) >= 11 is 0. The molecule has 0 radical (unpaired) electrons. The molecule has 3 atom stereocenters. The van der Waals surface area contributed by atoms with Gasteiger partial charge in [0.25, 0.3) is 0 Å². The Morgan fingerprint density at radius 3 is 2.81 bits per heavy atom. The van der Waals surface area contributed by atoms with Gasteiger partial charge in [-0.15, -0.1) is 0 Å². The zero-order chi connectivity index (χ0) is 15.1. The van der Waals surface area contributed by atoms with Crippen LogP contribution in [-0.4, -0.2) is 20.6 Å². The highest BCUT2D eigenvalue weighted by molar-refractivity contribution is 5.92. The Morgan fingerprint density at radius 1 is 1.43 bits per heavy atom. The number of hydrogen-bond donors (Lipinski definition) is 1. The third-order valence-electron chi connectivity index (χ3n) is 5.15. The Kier molecular flexibility index (Phi) is 3.47. The molecule has 21 heavy (non-hydrogen) atoms. The summed E-state index contributed by atoms with van der Waals surface area (Å²) in [7, 11) is 0. The molecule has 1 aliphatic rings. The minimum absolute atomic E-state index is 0.335. The average molecular weight is 286 g/mol. The molecular formula is C17H22N2O2. The van der Waals surface area contributed by atoms with Crippen molar-refractivity contribution in [3.8, 4) is 0 Å². The average Bonchev–Trinajstić information content (AvgIpc) is 2.97. The summed E-state index contributed by atoms with van der Waals surface area (Å²) in [6, 6.07) is 5.65. The minimum Gasteiger partial charge on any atom is -0.478 e. The van der Waals surface area contributed by atoms with Gasteiger partial charge < -0.3 is 9.67 Å². The SMILES string of the molecule is CCC1CCC(n2c(C)nc3ccc(C(=O)O)cc32)C1C. The molecule has 3 rings (SSSR count). The van der Waals surface area contributed by atoms with Crippen molar-refractivity contribution >= 4 is 17.0 Å². The van der Waals surface area contributed by atoms with Crippen LogP contribution >= 0.6 is 0 Å². The van der Waals surface area contributed by atoms with Gasteiger partial charge in [-0.1, -0.05) is 20.3 Å². The summed E-state index contributed by atoms with van der Waals surface area (Å²) in [6.07, 6.45) is 3.62. The number of fused-ring (bicyclic) bond motifs is 1. The molecule has 3 unspecified atom stereocenters. The Labute approximate surface area is 124 Å². The molecule has 1 aromatic heterocycles. The molecular weight excluding hydrogens is 264 g/mol. The predicted molar refractivity (Wildman–Crippen MR) is 82.6 cm³/mol. The molecule has 112 valence electrons. The molecule has 1 aliphatic carbocycles. The highest BCUT2D eigenvalue weighted by atomic mass is 16.4. The number of imidazole rings is 1. The lowest BCUT2D eigenvalue weighted by atomic mass is 9.93. The smallest absolute Gasteiger partial charge is 0.335 e. The number of aromatic nitrogens is 2. The minimum atomic E-state index is -0.881. The van der Waals surface area contributed by atoms with Crippen LogP contribution in [0.4, 0.5) is 0 Å². The van der Waals surface area contributed by atoms with Crippen molar-refractivity contribution in [2.24, 2.45) is 11.8 Å². The van der Waals surface area contributed by atoms with Gasteiger partial charge in [-0.2, -0.15) is 0 Å². The third-order valence-corrected chi connectivity index (χ3v) is 5.15. The Balaban J connectivity index is 2.11. The van der Waals surface area contributed by atoms with Gasteiger partial charge in [-0.25, -0.2) is 9.78 Å². The van der Waals surface area contributed by atoms with Crippen LogP contribution in [-0.2, 0) is 0 Å². The van der Waals surface area contributed by atoms with Crippen molar-refractivity contribution in [2.75, 3.05) is 0 Å². The Bertz CT molecular complexity index is 689. The second-order valence-corrected chi connectivity index (χ2v) is 6.21. The highest BCUT2D eigenvalue weighted by Gasteiger charge is 2.34. The van der Waals surface area contributed by atoms with E-state index in [0.29, 0.717) is 17.5 Å². The van der Waals surface area contributed by atoms with Crippen molar-refractivity contribution in [3.05, 3.63) is 29.6 Å². The van der Waals surface area contributed by atoms with E-state index in [2.05, 4.69) is 23.4 Å². The number of benzene rings is 1. The summed E-state index contributed by atoms with van der Waals surface area (Å²) in [5.74, 6) is 1.48. The van der Waals surface area contributed by atoms with E-state index in [9.17, 15) is 9.90 Å². The topological polar surface area (TPSA) is 55.1 Å². The van der Waals surface area contributed by atoms with Crippen molar-refractivity contribution in [1.82, 2.24) is 9.55 Å². The molecule has 0 saturated heterocycles. The van der Waals surface area contributed by atoms with Gasteiger partial charge in [0.1, 0.15) is 5.82 Å². The van der Waals surface area contributed by atoms with Gasteiger partial charge >= 0.3 is 5.97 Å². The number of rotatable bonds is 3. The lowest BCUT2D eigenvalue weighted by Gasteiger charge is -2.23. The summed E-state index contributed by atoms with van der Waals surface area (Å²) in [6.45, 7) is 6.59. The molecule has 2 aromatic rings. The van der Waals surface area contributed by atoms with E-state index in [1.54, 1.807) is 12.1 Å². The second kappa shape index (κ2) is 5.17. The number of carboxylic acids is 1. The van der Waals surface area contributed by atoms with Gasteiger partial charge in [0, 0.05) is 6.04 Å². The molecule has 1 heterocycles. The first kappa shape index (κ1) is 14.1. The zero-order valence-electron chi connectivity index (χ0n) is 12.8. The first-order chi connectivity index (χ1) is 10.0. The predicted octanol–water partition coefficient (Wildman–Crippen LogP) is 4.04. The monoisotopic (exact) mass is 286 g/mol. The number of hydrogen-bond acceptors (Lipinski definition) is 2. The van der Waals surface area contributed by atoms with Crippen LogP contribution in [0.25, 0.3) is 11.0 Å². The highest BCUT2D eigenvalue weighted by Crippen LogP contribution is 2.43. The van der Waals surface area contributed by atoms with E-state index in [0.717, 1.165) is 29.2 Å². The molecule has 1 saturated carbocycles. The fourth-order valence-corrected chi connectivity index (χ4v) is 3.93. The summed E-state index contributed by atoms with van der Waals surface area (Å²) in [5, 5.41) is 9.21. The van der Waals surface area contributed by atoms with Crippen LogP contribution in [0, 0.1) is 18.8 Å². The fourth-order valence-electron chi connectivity index (χ4n) is 3.93. The first-order valence-corrected chi connectivity index (χ1v) is 7.74. The Hall–Kier alpha value is -1.84. The molecule has 0 aliphatic heterocycles. The van der Waals surface area contributed by atoms with Crippen molar-refractivity contribution in [2.45, 2.75) is 46.1 Å². The molecule has 0 spiro atoms. The third kappa shape index (κ3) is 2.23. The van der Waals surface area contributed by atoms with Crippen LogP contribution in [0.15, 0.2) is 18.2 Å². The van der Waals surface area contributed by atoms with Gasteiger partial charge in [-0.05, 0) is 49.8 Å². The normalized spacial score (nSPS) is 25.6. The quantitative estimate of drug-likeness (QED) is 0.926. The standard InChI is InChI=1S/C17H22N2O2/c1-4-12-6-8-15(10(12)2)19-11(3)18-14-7-5-13(17(20)21)9-16(14)19/h5,7,9-10,12,15H,4,6,8H2,1-3H3,(H,20,21). The number of nitrogens with zero attached hydrogens (tertiary/aromatic N) is 2. The molecule has 0 amide bonds. The lowest BCUT2D eigenvalue weighted by molar-refractivity contribution is 0.0697. The summed E-state index contributed by atoms with van der Waals surface area (Å²) in [4.78, 5) is 15.8. The molecule has 4 heteroatoms. The molecule has 1 N–H and O–H groups in total. The van der Waals surface area contributed by atoms with E-state index in [4.69, 9.17) is 0 Å². The van der Waals surface area contributed by atoms with E-state index in [-0.39, 0.29) is 0 Å². The van der Waals surface area contributed by atoms with Gasteiger partial charge in [0.05, 0.1) is 16.6 Å². The maximum absolute atomic E-state index is 11.2. The maximum Gasteiger partial charge on any atom is 0.335 e. The van der Waals surface area contributed by atoms with Crippen LogP contribution in [0.3, 0.4) is 0 Å². The van der Waals surface area contributed by atoms with E-state index in [1.165, 1.54) is 12.8 Å². The van der Waals surface area contributed by atoms with Crippen LogP contribution < -0.4 is 0 Å². The van der Waals surface area contributed by atoms with Crippen molar-refractivity contribution < 1.29 is 9.90 Å². The van der Waals surface area contributed by atoms with Crippen LogP contribution in [0.1, 0.15) is 55.3 Å².